The maximum atomic E-state index is 12.6. The zero-order valence-electron chi connectivity index (χ0n) is 16.5. The van der Waals surface area contributed by atoms with Crippen molar-refractivity contribution in [3.63, 3.8) is 0 Å². The van der Waals surface area contributed by atoms with Crippen molar-refractivity contribution >= 4 is 29.2 Å². The monoisotopic (exact) mass is 425 g/mol. The lowest BCUT2D eigenvalue weighted by atomic mass is 9.99. The first-order valence-corrected chi connectivity index (χ1v) is 11.2. The molecule has 2 atom stereocenters. The molecule has 1 aromatic heterocycles. The summed E-state index contributed by atoms with van der Waals surface area (Å²) in [4.78, 5) is 41.4. The molecule has 2 fully saturated rings. The van der Waals surface area contributed by atoms with Gasteiger partial charge in [0.15, 0.2) is 0 Å². The molecule has 0 bridgehead atoms. The first-order valence-electron chi connectivity index (χ1n) is 10.3. The molecule has 8 heteroatoms. The van der Waals surface area contributed by atoms with Crippen LogP contribution in [0, 0.1) is 0 Å². The molecule has 2 aliphatic heterocycles. The van der Waals surface area contributed by atoms with Gasteiger partial charge in [0, 0.05) is 25.6 Å². The topological polar surface area (TPSA) is 79.0 Å². The number of carbonyl (C=O) groups is 3. The molecule has 7 nitrogen and oxygen atoms in total. The van der Waals surface area contributed by atoms with E-state index in [0.717, 1.165) is 6.42 Å². The van der Waals surface area contributed by atoms with E-state index >= 15 is 0 Å². The van der Waals surface area contributed by atoms with Gasteiger partial charge in [-0.15, -0.1) is 11.3 Å². The summed E-state index contributed by atoms with van der Waals surface area (Å²) in [6.07, 6.45) is 1.84. The van der Waals surface area contributed by atoms with E-state index in [-0.39, 0.29) is 42.6 Å². The number of fused-ring (bicyclic) bond motifs is 3. The second kappa shape index (κ2) is 7.75. The Bertz CT molecular complexity index is 969. The average Bonchev–Trinajstić information content (AvgIpc) is 3.47. The third-order valence-corrected chi connectivity index (χ3v) is 7.13. The second-order valence-corrected chi connectivity index (χ2v) is 8.90. The van der Waals surface area contributed by atoms with Gasteiger partial charge < -0.3 is 15.0 Å². The minimum Gasteiger partial charge on any atom is -0.443 e. The minimum absolute atomic E-state index is 0.00870. The molecule has 2 saturated heterocycles. The highest BCUT2D eigenvalue weighted by Gasteiger charge is 2.50. The predicted molar refractivity (Wildman–Crippen MR) is 111 cm³/mol. The number of thiophene rings is 1. The minimum atomic E-state index is -0.243. The lowest BCUT2D eigenvalue weighted by molar-refractivity contribution is -0.131. The van der Waals surface area contributed by atoms with Crippen molar-refractivity contribution in [2.75, 3.05) is 19.6 Å². The quantitative estimate of drug-likeness (QED) is 0.817. The SMILES string of the molecule is O=C(NCC(=O)N1CCC(N2C(=O)OC3Cc4ccccc4C32)CC1)c1cccs1. The van der Waals surface area contributed by atoms with Crippen LogP contribution in [0.2, 0.25) is 0 Å². The molecule has 1 aliphatic carbocycles. The van der Waals surface area contributed by atoms with Gasteiger partial charge in [-0.25, -0.2) is 4.79 Å². The van der Waals surface area contributed by atoms with Gasteiger partial charge in [-0.05, 0) is 35.4 Å². The summed E-state index contributed by atoms with van der Waals surface area (Å²) in [5.41, 5.74) is 2.43. The largest absolute Gasteiger partial charge is 0.443 e. The Hall–Kier alpha value is -2.87. The number of rotatable bonds is 4. The van der Waals surface area contributed by atoms with Crippen molar-refractivity contribution in [1.29, 1.82) is 0 Å². The van der Waals surface area contributed by atoms with Crippen molar-refractivity contribution in [1.82, 2.24) is 15.1 Å². The maximum absolute atomic E-state index is 12.6. The molecule has 30 heavy (non-hydrogen) atoms. The Labute approximate surface area is 178 Å². The van der Waals surface area contributed by atoms with E-state index in [4.69, 9.17) is 4.74 Å². The van der Waals surface area contributed by atoms with Crippen LogP contribution in [0.1, 0.15) is 39.7 Å². The van der Waals surface area contributed by atoms with E-state index < -0.39 is 0 Å². The number of benzene rings is 1. The summed E-state index contributed by atoms with van der Waals surface area (Å²) >= 11 is 1.35. The van der Waals surface area contributed by atoms with Crippen LogP contribution in [-0.4, -0.2) is 59.5 Å². The normalized spacial score (nSPS) is 23.1. The first-order chi connectivity index (χ1) is 14.6. The van der Waals surface area contributed by atoms with Crippen LogP contribution in [0.3, 0.4) is 0 Å². The molecule has 0 saturated carbocycles. The Kier molecular flexibility index (Phi) is 4.94. The van der Waals surface area contributed by atoms with Crippen LogP contribution >= 0.6 is 11.3 Å². The van der Waals surface area contributed by atoms with Gasteiger partial charge in [0.2, 0.25) is 5.91 Å². The van der Waals surface area contributed by atoms with Crippen LogP contribution < -0.4 is 5.32 Å². The van der Waals surface area contributed by atoms with Crippen molar-refractivity contribution in [2.45, 2.75) is 37.5 Å². The zero-order chi connectivity index (χ0) is 20.7. The summed E-state index contributed by atoms with van der Waals surface area (Å²) in [6, 6.07) is 11.8. The molecule has 3 amide bonds. The molecule has 1 aromatic carbocycles. The molecular formula is C22H23N3O4S. The van der Waals surface area contributed by atoms with Gasteiger partial charge in [-0.3, -0.25) is 14.5 Å². The molecule has 2 aromatic rings. The highest BCUT2D eigenvalue weighted by molar-refractivity contribution is 7.12. The van der Waals surface area contributed by atoms with Crippen LogP contribution in [0.4, 0.5) is 4.79 Å². The third-order valence-electron chi connectivity index (χ3n) is 6.27. The standard InChI is InChI=1S/C22H23N3O4S/c26-19(13-23-21(27)18-6-3-11-30-18)24-9-7-15(8-10-24)25-20-16-5-2-1-4-14(16)12-17(20)29-22(25)28/h1-6,11,15,17,20H,7-10,12-13H2,(H,23,27). The van der Waals surface area contributed by atoms with Crippen LogP contribution in [0.15, 0.2) is 41.8 Å². The number of hydrogen-bond acceptors (Lipinski definition) is 5. The maximum Gasteiger partial charge on any atom is 0.411 e. The van der Waals surface area contributed by atoms with E-state index in [9.17, 15) is 14.4 Å². The molecule has 3 aliphatic rings. The van der Waals surface area contributed by atoms with E-state index in [1.54, 1.807) is 11.0 Å². The van der Waals surface area contributed by atoms with E-state index in [1.165, 1.54) is 22.5 Å². The molecule has 5 rings (SSSR count). The fourth-order valence-corrected chi connectivity index (χ4v) is 5.45. The smallest absolute Gasteiger partial charge is 0.411 e. The Morgan fingerprint density at radius 3 is 2.70 bits per heavy atom. The number of nitrogens with zero attached hydrogens (tertiary/aromatic N) is 2. The number of carbonyl (C=O) groups excluding carboxylic acids is 3. The molecule has 0 radical (unpaired) electrons. The molecule has 2 unspecified atom stereocenters. The molecule has 0 spiro atoms. The zero-order valence-corrected chi connectivity index (χ0v) is 17.3. The molecular weight excluding hydrogens is 402 g/mol. The van der Waals surface area contributed by atoms with Gasteiger partial charge in [-0.1, -0.05) is 30.3 Å². The summed E-state index contributed by atoms with van der Waals surface area (Å²) in [5, 5.41) is 4.52. The van der Waals surface area contributed by atoms with Crippen molar-refractivity contribution in [2.24, 2.45) is 0 Å². The first kappa shape index (κ1) is 19.1. The van der Waals surface area contributed by atoms with E-state index in [2.05, 4.69) is 17.4 Å². The summed E-state index contributed by atoms with van der Waals surface area (Å²) in [7, 11) is 0. The van der Waals surface area contributed by atoms with Gasteiger partial charge >= 0.3 is 6.09 Å². The van der Waals surface area contributed by atoms with Crippen LogP contribution in [0.5, 0.6) is 0 Å². The fraction of sp³-hybridized carbons (Fsp3) is 0.409. The van der Waals surface area contributed by atoms with Crippen molar-refractivity contribution < 1.29 is 19.1 Å². The second-order valence-electron chi connectivity index (χ2n) is 7.95. The van der Waals surface area contributed by atoms with Gasteiger partial charge in [0.05, 0.1) is 17.5 Å². The Balaban J connectivity index is 1.18. The number of ether oxygens (including phenoxy) is 1. The summed E-state index contributed by atoms with van der Waals surface area (Å²) in [6.45, 7) is 1.13. The Morgan fingerprint density at radius 1 is 1.13 bits per heavy atom. The van der Waals surface area contributed by atoms with Gasteiger partial charge in [-0.2, -0.15) is 0 Å². The predicted octanol–water partition coefficient (Wildman–Crippen LogP) is 2.59. The number of nitrogens with one attached hydrogen (secondary N) is 1. The number of likely N-dealkylation sites (tertiary alicyclic amines) is 1. The highest BCUT2D eigenvalue weighted by atomic mass is 32.1. The molecule has 1 N–H and O–H groups in total. The summed E-state index contributed by atoms with van der Waals surface area (Å²) in [5.74, 6) is -0.314. The Morgan fingerprint density at radius 2 is 1.93 bits per heavy atom. The molecule has 3 heterocycles. The van der Waals surface area contributed by atoms with E-state index in [1.807, 2.05) is 28.5 Å². The van der Waals surface area contributed by atoms with E-state index in [0.29, 0.717) is 30.8 Å². The highest BCUT2D eigenvalue weighted by Crippen LogP contribution is 2.44. The van der Waals surface area contributed by atoms with Gasteiger partial charge in [0.25, 0.3) is 5.91 Å². The van der Waals surface area contributed by atoms with Gasteiger partial charge in [0.1, 0.15) is 6.10 Å². The summed E-state index contributed by atoms with van der Waals surface area (Å²) < 4.78 is 5.67. The fourth-order valence-electron chi connectivity index (χ4n) is 4.81. The van der Waals surface area contributed by atoms with Crippen molar-refractivity contribution in [3.8, 4) is 0 Å². The molecule has 156 valence electrons. The van der Waals surface area contributed by atoms with Crippen LogP contribution in [-0.2, 0) is 16.0 Å². The van der Waals surface area contributed by atoms with Crippen molar-refractivity contribution in [3.05, 3.63) is 57.8 Å². The number of hydrogen-bond donors (Lipinski definition) is 1. The number of piperidine rings is 1. The lowest BCUT2D eigenvalue weighted by Gasteiger charge is -2.38. The van der Waals surface area contributed by atoms with Crippen LogP contribution in [0.25, 0.3) is 0 Å². The average molecular weight is 426 g/mol. The third kappa shape index (κ3) is 3.35. The number of amides is 3. The lowest BCUT2D eigenvalue weighted by Crippen LogP contribution is -2.49.